The normalized spacial score (nSPS) is 47.4. The monoisotopic (exact) mass is 558 g/mol. The van der Waals surface area contributed by atoms with Crippen molar-refractivity contribution < 1.29 is 43.5 Å². The van der Waals surface area contributed by atoms with Crippen molar-refractivity contribution >= 4 is 11.8 Å². The summed E-state index contributed by atoms with van der Waals surface area (Å²) < 4.78 is 30.3. The van der Waals surface area contributed by atoms with Gasteiger partial charge in [0, 0.05) is 38.9 Å². The number of hydrogen-bond acceptors (Lipinski definition) is 9. The molecule has 9 nitrogen and oxygen atoms in total. The Hall–Kier alpha value is -1.10. The number of methoxy groups -OCH3 is 2. The van der Waals surface area contributed by atoms with Crippen LogP contribution in [-0.4, -0.2) is 83.7 Å². The van der Waals surface area contributed by atoms with Crippen molar-refractivity contribution in [1.82, 2.24) is 0 Å². The highest BCUT2D eigenvalue weighted by Gasteiger charge is 2.48. The maximum atomic E-state index is 13.6. The van der Waals surface area contributed by atoms with Gasteiger partial charge in [-0.05, 0) is 59.8 Å². The van der Waals surface area contributed by atoms with E-state index in [1.54, 1.807) is 35.0 Å². The van der Waals surface area contributed by atoms with Crippen molar-refractivity contribution in [3.63, 3.8) is 0 Å². The third kappa shape index (κ3) is 8.01. The van der Waals surface area contributed by atoms with Crippen LogP contribution in [0.2, 0.25) is 0 Å². The van der Waals surface area contributed by atoms with Crippen LogP contribution in [0, 0.1) is 23.7 Å². The van der Waals surface area contributed by atoms with E-state index in [0.717, 1.165) is 6.42 Å². The standard InChI is InChI=1S/C30H54O9/c1-12-22-30(9,34)26(32)20(5)24(31)17(2)13-28(7,35-10)14-18(3)25(21(6)27(33)38-22)39-23-16-29(8,36-11)15-19(4)37-23/h17-23,25-26,32,34H,12-16H2,1-11H3/t17-,18-,19+,20+,21-,22-,23+,25?,26-,28-,29+,30-/m1/s1. The molecule has 0 radical (unpaired) electrons. The van der Waals surface area contributed by atoms with Crippen molar-refractivity contribution in [3.8, 4) is 0 Å². The van der Waals surface area contributed by atoms with Crippen molar-refractivity contribution in [2.24, 2.45) is 23.7 Å². The number of aliphatic hydroxyl groups excluding tert-OH is 1. The number of rotatable bonds is 5. The van der Waals surface area contributed by atoms with Gasteiger partial charge in [-0.1, -0.05) is 27.7 Å². The maximum absolute atomic E-state index is 13.6. The summed E-state index contributed by atoms with van der Waals surface area (Å²) >= 11 is 0. The van der Waals surface area contributed by atoms with Crippen molar-refractivity contribution in [2.75, 3.05) is 14.2 Å². The van der Waals surface area contributed by atoms with Crippen LogP contribution in [0.15, 0.2) is 0 Å². The Morgan fingerprint density at radius 2 is 1.46 bits per heavy atom. The molecule has 2 heterocycles. The Morgan fingerprint density at radius 1 is 0.897 bits per heavy atom. The highest BCUT2D eigenvalue weighted by Crippen LogP contribution is 2.38. The molecule has 0 amide bonds. The minimum atomic E-state index is -1.84. The number of Topliss-reactive ketones (excluding diaryl/α,β-unsaturated/α-hetero) is 1. The predicted octanol–water partition coefficient (Wildman–Crippen LogP) is 4.05. The zero-order valence-corrected chi connectivity index (χ0v) is 26.0. The Labute approximate surface area is 235 Å². The van der Waals surface area contributed by atoms with Crippen LogP contribution in [0.4, 0.5) is 0 Å². The number of hydrogen-bond donors (Lipinski definition) is 2. The van der Waals surface area contributed by atoms with Gasteiger partial charge in [-0.25, -0.2) is 0 Å². The third-order valence-electron chi connectivity index (χ3n) is 9.20. The smallest absolute Gasteiger partial charge is 0.311 e. The molecule has 0 saturated carbocycles. The van der Waals surface area contributed by atoms with Crippen molar-refractivity contribution in [2.45, 2.75) is 142 Å². The lowest BCUT2D eigenvalue weighted by Crippen LogP contribution is -2.56. The molecule has 0 aromatic carbocycles. The minimum Gasteiger partial charge on any atom is -0.459 e. The van der Waals surface area contributed by atoms with Gasteiger partial charge in [0.05, 0.1) is 35.4 Å². The van der Waals surface area contributed by atoms with E-state index >= 15 is 0 Å². The van der Waals surface area contributed by atoms with Gasteiger partial charge in [0.25, 0.3) is 0 Å². The van der Waals surface area contributed by atoms with E-state index in [9.17, 15) is 19.8 Å². The van der Waals surface area contributed by atoms with Crippen LogP contribution >= 0.6 is 0 Å². The molecule has 12 atom stereocenters. The fraction of sp³-hybridized carbons (Fsp3) is 0.933. The van der Waals surface area contributed by atoms with Crippen LogP contribution in [0.5, 0.6) is 0 Å². The molecule has 1 unspecified atom stereocenters. The average Bonchev–Trinajstić information content (AvgIpc) is 2.86. The van der Waals surface area contributed by atoms with E-state index in [4.69, 9.17) is 23.7 Å². The molecule has 9 heteroatoms. The van der Waals surface area contributed by atoms with E-state index in [1.807, 2.05) is 34.6 Å². The zero-order valence-electron chi connectivity index (χ0n) is 26.0. The number of cyclic esters (lactones) is 1. The molecule has 0 spiro atoms. The van der Waals surface area contributed by atoms with Crippen LogP contribution in [-0.2, 0) is 33.3 Å². The molecule has 0 aromatic heterocycles. The first-order valence-corrected chi connectivity index (χ1v) is 14.5. The van der Waals surface area contributed by atoms with Gasteiger partial charge in [0.2, 0.25) is 0 Å². The SMILES string of the molecule is CC[C@H]1OC(=O)[C@H](C)C(O[C@H]2C[C@@](C)(OC)C[C@H](C)O2)[C@H](C)C[C@](C)(OC)C[C@@H](C)C(=O)[C@H](C)[C@@H](O)[C@]1(C)O. The maximum Gasteiger partial charge on any atom is 0.311 e. The Bertz CT molecular complexity index is 831. The highest BCUT2D eigenvalue weighted by atomic mass is 16.7. The second-order valence-electron chi connectivity index (χ2n) is 13.0. The topological polar surface area (TPSA) is 121 Å². The van der Waals surface area contributed by atoms with Gasteiger partial charge in [-0.2, -0.15) is 0 Å². The van der Waals surface area contributed by atoms with Gasteiger partial charge in [0.1, 0.15) is 17.5 Å². The third-order valence-corrected chi connectivity index (χ3v) is 9.20. The van der Waals surface area contributed by atoms with E-state index < -0.39 is 65.1 Å². The molecule has 2 N–H and O–H groups in total. The summed E-state index contributed by atoms with van der Waals surface area (Å²) in [6.07, 6.45) is -1.32. The molecule has 2 aliphatic rings. The molecule has 2 fully saturated rings. The van der Waals surface area contributed by atoms with Gasteiger partial charge in [-0.3, -0.25) is 9.59 Å². The minimum absolute atomic E-state index is 0.0936. The molecule has 0 aliphatic carbocycles. The second kappa shape index (κ2) is 13.3. The van der Waals surface area contributed by atoms with Gasteiger partial charge < -0.3 is 33.9 Å². The molecular formula is C30H54O9. The molecular weight excluding hydrogens is 504 g/mol. The quantitative estimate of drug-likeness (QED) is 0.482. The summed E-state index contributed by atoms with van der Waals surface area (Å²) in [5.41, 5.74) is -2.96. The van der Waals surface area contributed by atoms with Crippen LogP contribution < -0.4 is 0 Å². The molecule has 2 aliphatic heterocycles. The van der Waals surface area contributed by atoms with Crippen LogP contribution in [0.3, 0.4) is 0 Å². The summed E-state index contributed by atoms with van der Waals surface area (Å²) in [5.74, 6) is -2.92. The number of ether oxygens (including phenoxy) is 5. The van der Waals surface area contributed by atoms with Crippen LogP contribution in [0.25, 0.3) is 0 Å². The lowest BCUT2D eigenvalue weighted by Gasteiger charge is -2.44. The van der Waals surface area contributed by atoms with Gasteiger partial charge in [0.15, 0.2) is 6.29 Å². The van der Waals surface area contributed by atoms with E-state index in [-0.39, 0.29) is 24.2 Å². The lowest BCUT2D eigenvalue weighted by molar-refractivity contribution is -0.266. The summed E-state index contributed by atoms with van der Waals surface area (Å²) in [7, 11) is 3.29. The molecule has 2 rings (SSSR count). The van der Waals surface area contributed by atoms with E-state index in [2.05, 4.69) is 0 Å². The summed E-state index contributed by atoms with van der Waals surface area (Å²) in [6.45, 7) is 16.3. The summed E-state index contributed by atoms with van der Waals surface area (Å²) in [6, 6.07) is 0. The number of ketones is 1. The first-order valence-electron chi connectivity index (χ1n) is 14.5. The molecule has 39 heavy (non-hydrogen) atoms. The van der Waals surface area contributed by atoms with Gasteiger partial charge >= 0.3 is 5.97 Å². The predicted molar refractivity (Wildman–Crippen MR) is 147 cm³/mol. The zero-order chi connectivity index (χ0) is 29.9. The molecule has 0 bridgehead atoms. The number of carbonyl (C=O) groups excluding carboxylic acids is 2. The molecule has 2 saturated heterocycles. The fourth-order valence-electron chi connectivity index (χ4n) is 6.66. The Morgan fingerprint density at radius 3 is 2.00 bits per heavy atom. The first kappa shape index (κ1) is 34.1. The largest absolute Gasteiger partial charge is 0.459 e. The van der Waals surface area contributed by atoms with E-state index in [0.29, 0.717) is 19.3 Å². The lowest BCUT2D eigenvalue weighted by atomic mass is 9.75. The fourth-order valence-corrected chi connectivity index (χ4v) is 6.66. The Kier molecular flexibility index (Phi) is 11.6. The summed E-state index contributed by atoms with van der Waals surface area (Å²) in [5, 5.41) is 22.5. The number of carbonyl (C=O) groups is 2. The molecule has 0 aromatic rings. The average molecular weight is 559 g/mol. The van der Waals surface area contributed by atoms with Gasteiger partial charge in [-0.15, -0.1) is 0 Å². The van der Waals surface area contributed by atoms with E-state index in [1.165, 1.54) is 6.92 Å². The summed E-state index contributed by atoms with van der Waals surface area (Å²) in [4.78, 5) is 26.9. The highest BCUT2D eigenvalue weighted by molar-refractivity contribution is 5.83. The second-order valence-corrected chi connectivity index (χ2v) is 13.0. The van der Waals surface area contributed by atoms with Crippen molar-refractivity contribution in [1.29, 1.82) is 0 Å². The van der Waals surface area contributed by atoms with Crippen LogP contribution in [0.1, 0.15) is 94.4 Å². The molecule has 228 valence electrons. The Balaban J connectivity index is 2.51. The van der Waals surface area contributed by atoms with Crippen molar-refractivity contribution in [3.05, 3.63) is 0 Å². The number of esters is 1. The number of aliphatic hydroxyl groups is 2. The first-order chi connectivity index (χ1) is 17.9.